The average molecular weight is 463 g/mol. The van der Waals surface area contributed by atoms with Gasteiger partial charge in [0.15, 0.2) is 5.78 Å². The van der Waals surface area contributed by atoms with Crippen LogP contribution in [0.25, 0.3) is 0 Å². The molecule has 7 heteroatoms. The molecule has 0 unspecified atom stereocenters. The van der Waals surface area contributed by atoms with Crippen molar-refractivity contribution in [1.29, 1.82) is 5.41 Å². The summed E-state index contributed by atoms with van der Waals surface area (Å²) < 4.78 is 0. The molecule has 0 bridgehead atoms. The number of phenolic OH excluding ortho intramolecular Hbond substituents is 1. The molecule has 2 aliphatic heterocycles. The molecule has 2 N–H and O–H groups in total. The van der Waals surface area contributed by atoms with Crippen molar-refractivity contribution < 1.29 is 14.7 Å². The normalized spacial score (nSPS) is 16.6. The Kier molecular flexibility index (Phi) is 6.47. The van der Waals surface area contributed by atoms with Gasteiger partial charge in [0, 0.05) is 54.0 Å². The first-order chi connectivity index (χ1) is 16.0. The van der Waals surface area contributed by atoms with E-state index in [1.807, 2.05) is 39.8 Å². The van der Waals surface area contributed by atoms with Crippen molar-refractivity contribution in [2.75, 3.05) is 13.1 Å². The van der Waals surface area contributed by atoms with Crippen LogP contribution in [0.2, 0.25) is 0 Å². The second kappa shape index (κ2) is 9.20. The fourth-order valence-corrected chi connectivity index (χ4v) is 4.71. The summed E-state index contributed by atoms with van der Waals surface area (Å²) in [6.07, 6.45) is 3.39. The molecule has 180 valence electrons. The van der Waals surface area contributed by atoms with E-state index < -0.39 is 0 Å². The standard InChI is InChI=1S/C27H34N4O3/c1-17-9-10-18-14-31(26(28)24(18)29-17)16-22(32)19-12-20(25(34)21(13-19)27(2,3)4)15-30-11-7-5-6-8-23(30)33/h9-10,12-13,28,34H,5-8,11,14-16H2,1-4H3. The van der Waals surface area contributed by atoms with E-state index in [0.717, 1.165) is 30.5 Å². The molecule has 3 heterocycles. The average Bonchev–Trinajstić information content (AvgIpc) is 2.92. The Hall–Kier alpha value is -3.22. The lowest BCUT2D eigenvalue weighted by Crippen LogP contribution is -2.31. The predicted octanol–water partition coefficient (Wildman–Crippen LogP) is 4.32. The highest BCUT2D eigenvalue weighted by atomic mass is 16.3. The molecular weight excluding hydrogens is 428 g/mol. The number of aromatic nitrogens is 1. The maximum Gasteiger partial charge on any atom is 0.222 e. The number of nitrogens with one attached hydrogen (secondary N) is 1. The van der Waals surface area contributed by atoms with Crippen molar-refractivity contribution in [3.8, 4) is 5.75 Å². The third-order valence-electron chi connectivity index (χ3n) is 6.71. The first kappa shape index (κ1) is 23.9. The maximum atomic E-state index is 13.4. The molecule has 1 fully saturated rings. The van der Waals surface area contributed by atoms with Crippen LogP contribution in [0, 0.1) is 12.3 Å². The fourth-order valence-electron chi connectivity index (χ4n) is 4.71. The molecule has 1 amide bonds. The van der Waals surface area contributed by atoms with Crippen molar-refractivity contribution in [2.24, 2.45) is 0 Å². The first-order valence-electron chi connectivity index (χ1n) is 12.0. The number of fused-ring (bicyclic) bond motifs is 1. The summed E-state index contributed by atoms with van der Waals surface area (Å²) in [7, 11) is 0. The number of ketones is 1. The van der Waals surface area contributed by atoms with Crippen molar-refractivity contribution in [3.05, 3.63) is 57.9 Å². The van der Waals surface area contributed by atoms with E-state index in [2.05, 4.69) is 4.98 Å². The SMILES string of the molecule is Cc1ccc2c(n1)C(=N)N(CC(=O)c1cc(CN3CCCCCC3=O)c(O)c(C(C)(C)C)c1)C2. The van der Waals surface area contributed by atoms with E-state index in [1.54, 1.807) is 21.9 Å². The first-order valence-corrected chi connectivity index (χ1v) is 12.0. The highest BCUT2D eigenvalue weighted by Gasteiger charge is 2.29. The molecule has 0 radical (unpaired) electrons. The number of amidine groups is 1. The van der Waals surface area contributed by atoms with Gasteiger partial charge in [0.25, 0.3) is 0 Å². The Labute approximate surface area is 201 Å². The molecule has 0 aliphatic carbocycles. The summed E-state index contributed by atoms with van der Waals surface area (Å²) in [5, 5.41) is 19.6. The van der Waals surface area contributed by atoms with Crippen LogP contribution in [0.15, 0.2) is 24.3 Å². The molecule has 4 rings (SSSR count). The van der Waals surface area contributed by atoms with Gasteiger partial charge in [-0.3, -0.25) is 15.0 Å². The number of aromatic hydroxyl groups is 1. The molecule has 0 saturated carbocycles. The van der Waals surface area contributed by atoms with Gasteiger partial charge < -0.3 is 14.9 Å². The highest BCUT2D eigenvalue weighted by molar-refractivity contribution is 6.04. The van der Waals surface area contributed by atoms with E-state index in [-0.39, 0.29) is 35.2 Å². The summed E-state index contributed by atoms with van der Waals surface area (Å²) in [6, 6.07) is 7.37. The lowest BCUT2D eigenvalue weighted by Gasteiger charge is -2.26. The van der Waals surface area contributed by atoms with Crippen LogP contribution in [0.1, 0.15) is 84.9 Å². The Morgan fingerprint density at radius 2 is 1.91 bits per heavy atom. The Balaban J connectivity index is 1.62. The third kappa shape index (κ3) is 4.83. The zero-order chi connectivity index (χ0) is 24.6. The monoisotopic (exact) mass is 462 g/mol. The van der Waals surface area contributed by atoms with Crippen LogP contribution in [-0.2, 0) is 23.3 Å². The van der Waals surface area contributed by atoms with Gasteiger partial charge in [-0.1, -0.05) is 33.3 Å². The van der Waals surface area contributed by atoms with Gasteiger partial charge in [-0.15, -0.1) is 0 Å². The number of hydrogen-bond acceptors (Lipinski definition) is 5. The molecule has 2 aliphatic rings. The predicted molar refractivity (Wildman–Crippen MR) is 131 cm³/mol. The Morgan fingerprint density at radius 3 is 2.65 bits per heavy atom. The number of carbonyl (C=O) groups is 2. The second-order valence-electron chi connectivity index (χ2n) is 10.5. The summed E-state index contributed by atoms with van der Waals surface area (Å²) >= 11 is 0. The van der Waals surface area contributed by atoms with Gasteiger partial charge >= 0.3 is 0 Å². The summed E-state index contributed by atoms with van der Waals surface area (Å²) in [5.41, 5.74) is 3.83. The number of carbonyl (C=O) groups excluding carboxylic acids is 2. The topological polar surface area (TPSA) is 97.6 Å². The molecule has 1 saturated heterocycles. The van der Waals surface area contributed by atoms with E-state index in [1.165, 1.54) is 0 Å². The van der Waals surface area contributed by atoms with Gasteiger partial charge in [0.2, 0.25) is 5.91 Å². The highest BCUT2D eigenvalue weighted by Crippen LogP contribution is 2.36. The van der Waals surface area contributed by atoms with Crippen LogP contribution in [0.5, 0.6) is 5.75 Å². The number of likely N-dealkylation sites (tertiary alicyclic amines) is 1. The number of amides is 1. The number of hydrogen-bond donors (Lipinski definition) is 2. The minimum atomic E-state index is -0.379. The molecule has 2 aromatic rings. The minimum Gasteiger partial charge on any atom is -0.507 e. The van der Waals surface area contributed by atoms with Crippen LogP contribution in [-0.4, -0.2) is 50.5 Å². The van der Waals surface area contributed by atoms with Crippen molar-refractivity contribution in [3.63, 3.8) is 0 Å². The Bertz CT molecular complexity index is 1150. The molecule has 1 aromatic carbocycles. The van der Waals surface area contributed by atoms with Gasteiger partial charge in [0.05, 0.1) is 6.54 Å². The maximum absolute atomic E-state index is 13.4. The van der Waals surface area contributed by atoms with Crippen LogP contribution in [0.3, 0.4) is 0 Å². The Morgan fingerprint density at radius 1 is 1.15 bits per heavy atom. The third-order valence-corrected chi connectivity index (χ3v) is 6.71. The lowest BCUT2D eigenvalue weighted by molar-refractivity contribution is -0.131. The van der Waals surface area contributed by atoms with Crippen LogP contribution in [0.4, 0.5) is 0 Å². The number of rotatable bonds is 5. The summed E-state index contributed by atoms with van der Waals surface area (Å²) in [6.45, 7) is 9.38. The summed E-state index contributed by atoms with van der Waals surface area (Å²) in [4.78, 5) is 34.0. The van der Waals surface area contributed by atoms with Crippen molar-refractivity contribution in [2.45, 2.75) is 71.9 Å². The smallest absolute Gasteiger partial charge is 0.222 e. The minimum absolute atomic E-state index is 0.0602. The van der Waals surface area contributed by atoms with Gasteiger partial charge in [0.1, 0.15) is 17.3 Å². The zero-order valence-corrected chi connectivity index (χ0v) is 20.6. The number of aryl methyl sites for hydroxylation is 1. The van der Waals surface area contributed by atoms with Crippen molar-refractivity contribution in [1.82, 2.24) is 14.8 Å². The van der Waals surface area contributed by atoms with E-state index >= 15 is 0 Å². The molecule has 1 aromatic heterocycles. The quantitative estimate of drug-likeness (QED) is 0.645. The second-order valence-corrected chi connectivity index (χ2v) is 10.5. The van der Waals surface area contributed by atoms with Gasteiger partial charge in [-0.2, -0.15) is 0 Å². The van der Waals surface area contributed by atoms with E-state index in [9.17, 15) is 14.7 Å². The van der Waals surface area contributed by atoms with Crippen LogP contribution >= 0.6 is 0 Å². The molecule has 7 nitrogen and oxygen atoms in total. The number of benzene rings is 1. The molecule has 0 spiro atoms. The van der Waals surface area contributed by atoms with Crippen molar-refractivity contribution >= 4 is 17.5 Å². The molecule has 34 heavy (non-hydrogen) atoms. The number of pyridine rings is 1. The molecular formula is C27H34N4O3. The van der Waals surface area contributed by atoms with Gasteiger partial charge in [-0.05, 0) is 43.4 Å². The zero-order valence-electron chi connectivity index (χ0n) is 20.6. The lowest BCUT2D eigenvalue weighted by atomic mass is 9.83. The number of Topliss-reactive ketones (excluding diaryl/α,β-unsaturated/α-hetero) is 1. The summed E-state index contributed by atoms with van der Waals surface area (Å²) in [5.74, 6) is 0.389. The van der Waals surface area contributed by atoms with Gasteiger partial charge in [-0.25, -0.2) is 4.98 Å². The molecule has 0 atom stereocenters. The largest absolute Gasteiger partial charge is 0.507 e. The number of nitrogens with zero attached hydrogens (tertiary/aromatic N) is 3. The van der Waals surface area contributed by atoms with E-state index in [0.29, 0.717) is 48.4 Å². The van der Waals surface area contributed by atoms with E-state index in [4.69, 9.17) is 5.41 Å². The van der Waals surface area contributed by atoms with Crippen LogP contribution < -0.4 is 0 Å². The fraction of sp³-hybridized carbons (Fsp3) is 0.481. The number of phenols is 1.